The average molecular weight is 298 g/mol. The Morgan fingerprint density at radius 3 is 2.70 bits per heavy atom. The molecule has 0 heterocycles. The summed E-state index contributed by atoms with van der Waals surface area (Å²) in [5.74, 6) is -1.29. The number of nitrogens with zero attached hydrogens (tertiary/aromatic N) is 1. The standard InChI is InChI=1S/C13H16ClN3O3/c1-17(6-11(18)16-8-2-3-8)12-9(13(19)20)4-7(15)5-10(12)14/h4-5,8H,2-3,6,15H2,1H3,(H,16,18)(H,19,20). The number of nitrogens with two attached hydrogens (primary N) is 1. The van der Waals surface area contributed by atoms with E-state index in [0.717, 1.165) is 12.8 Å². The minimum Gasteiger partial charge on any atom is -0.478 e. The first-order valence-corrected chi connectivity index (χ1v) is 6.59. The van der Waals surface area contributed by atoms with E-state index in [0.29, 0.717) is 5.69 Å². The average Bonchev–Trinajstić information content (AvgIpc) is 3.10. The number of rotatable bonds is 5. The van der Waals surface area contributed by atoms with Crippen LogP contribution in [-0.4, -0.2) is 36.6 Å². The number of carboxylic acids is 1. The Bertz CT molecular complexity index is 558. The molecule has 0 aromatic heterocycles. The summed E-state index contributed by atoms with van der Waals surface area (Å²) >= 11 is 6.06. The van der Waals surface area contributed by atoms with E-state index in [4.69, 9.17) is 17.3 Å². The third-order valence-electron chi connectivity index (χ3n) is 3.02. The molecule has 1 aliphatic rings. The van der Waals surface area contributed by atoms with Crippen LogP contribution in [0.2, 0.25) is 5.02 Å². The van der Waals surface area contributed by atoms with Gasteiger partial charge in [-0.1, -0.05) is 11.6 Å². The van der Waals surface area contributed by atoms with Gasteiger partial charge in [-0.2, -0.15) is 0 Å². The van der Waals surface area contributed by atoms with Crippen LogP contribution in [0, 0.1) is 0 Å². The lowest BCUT2D eigenvalue weighted by Gasteiger charge is -2.22. The Balaban J connectivity index is 2.21. The number of hydrogen-bond donors (Lipinski definition) is 3. The van der Waals surface area contributed by atoms with Gasteiger partial charge in [-0.05, 0) is 25.0 Å². The molecule has 1 aliphatic carbocycles. The minimum absolute atomic E-state index is 0.0169. The molecule has 0 atom stereocenters. The maximum atomic E-state index is 11.8. The predicted octanol–water partition coefficient (Wildman–Crippen LogP) is 1.34. The van der Waals surface area contributed by atoms with Gasteiger partial charge in [0.25, 0.3) is 0 Å². The van der Waals surface area contributed by atoms with Crippen LogP contribution in [-0.2, 0) is 4.79 Å². The van der Waals surface area contributed by atoms with Crippen LogP contribution in [0.4, 0.5) is 11.4 Å². The first-order valence-electron chi connectivity index (χ1n) is 6.21. The fourth-order valence-electron chi connectivity index (χ4n) is 1.97. The van der Waals surface area contributed by atoms with Crippen molar-refractivity contribution >= 4 is 34.9 Å². The molecule has 1 fully saturated rings. The van der Waals surface area contributed by atoms with Crippen molar-refractivity contribution in [1.82, 2.24) is 5.32 Å². The number of halogens is 1. The molecule has 1 aromatic rings. The monoisotopic (exact) mass is 297 g/mol. The van der Waals surface area contributed by atoms with E-state index in [1.165, 1.54) is 17.0 Å². The predicted molar refractivity (Wildman–Crippen MR) is 77.3 cm³/mol. The number of aromatic carboxylic acids is 1. The maximum Gasteiger partial charge on any atom is 0.337 e. The Morgan fingerprint density at radius 2 is 2.15 bits per heavy atom. The number of carbonyl (C=O) groups is 2. The van der Waals surface area contributed by atoms with Gasteiger partial charge < -0.3 is 21.1 Å². The van der Waals surface area contributed by atoms with Gasteiger partial charge in [0.2, 0.25) is 5.91 Å². The minimum atomic E-state index is -1.14. The normalized spacial score (nSPS) is 13.9. The number of nitrogens with one attached hydrogen (secondary N) is 1. The molecule has 2 rings (SSSR count). The van der Waals surface area contributed by atoms with Gasteiger partial charge in [0, 0.05) is 18.8 Å². The van der Waals surface area contributed by atoms with Crippen molar-refractivity contribution in [3.8, 4) is 0 Å². The molecule has 7 heteroatoms. The first kappa shape index (κ1) is 14.5. The number of benzene rings is 1. The third-order valence-corrected chi connectivity index (χ3v) is 3.31. The highest BCUT2D eigenvalue weighted by Gasteiger charge is 2.25. The van der Waals surface area contributed by atoms with Gasteiger partial charge in [-0.25, -0.2) is 4.79 Å². The zero-order chi connectivity index (χ0) is 14.9. The number of anilines is 2. The number of likely N-dealkylation sites (N-methyl/N-ethyl adjacent to an activating group) is 1. The highest BCUT2D eigenvalue weighted by atomic mass is 35.5. The second kappa shape index (κ2) is 5.58. The van der Waals surface area contributed by atoms with E-state index in [2.05, 4.69) is 5.32 Å². The molecule has 108 valence electrons. The van der Waals surface area contributed by atoms with Crippen molar-refractivity contribution < 1.29 is 14.7 Å². The van der Waals surface area contributed by atoms with Gasteiger partial charge in [0.15, 0.2) is 0 Å². The summed E-state index contributed by atoms with van der Waals surface area (Å²) in [6.07, 6.45) is 2.00. The lowest BCUT2D eigenvalue weighted by Crippen LogP contribution is -2.37. The quantitative estimate of drug-likeness (QED) is 0.713. The molecule has 0 saturated heterocycles. The highest BCUT2D eigenvalue weighted by Crippen LogP contribution is 2.32. The number of amides is 1. The topological polar surface area (TPSA) is 95.7 Å². The van der Waals surface area contributed by atoms with Crippen LogP contribution < -0.4 is 16.0 Å². The lowest BCUT2D eigenvalue weighted by atomic mass is 10.1. The van der Waals surface area contributed by atoms with Crippen LogP contribution >= 0.6 is 11.6 Å². The molecule has 0 bridgehead atoms. The summed E-state index contributed by atoms with van der Waals surface area (Å²) in [6.45, 7) is 0.0421. The Labute approximate surface area is 121 Å². The first-order chi connectivity index (χ1) is 9.38. The van der Waals surface area contributed by atoms with Crippen molar-refractivity contribution in [3.63, 3.8) is 0 Å². The smallest absolute Gasteiger partial charge is 0.337 e. The fourth-order valence-corrected chi connectivity index (χ4v) is 2.34. The molecular weight excluding hydrogens is 282 g/mol. The highest BCUT2D eigenvalue weighted by molar-refractivity contribution is 6.34. The van der Waals surface area contributed by atoms with Gasteiger partial charge in [0.05, 0.1) is 22.8 Å². The molecule has 20 heavy (non-hydrogen) atoms. The van der Waals surface area contributed by atoms with Crippen LogP contribution in [0.15, 0.2) is 12.1 Å². The Morgan fingerprint density at radius 1 is 1.50 bits per heavy atom. The molecule has 0 radical (unpaired) electrons. The van der Waals surface area contributed by atoms with E-state index >= 15 is 0 Å². The summed E-state index contributed by atoms with van der Waals surface area (Å²) < 4.78 is 0. The van der Waals surface area contributed by atoms with E-state index in [-0.39, 0.29) is 34.8 Å². The zero-order valence-electron chi connectivity index (χ0n) is 11.0. The maximum absolute atomic E-state index is 11.8. The molecule has 1 aromatic carbocycles. The van der Waals surface area contributed by atoms with E-state index < -0.39 is 5.97 Å². The van der Waals surface area contributed by atoms with Gasteiger partial charge >= 0.3 is 5.97 Å². The Kier molecular flexibility index (Phi) is 4.04. The number of nitrogen functional groups attached to an aromatic ring is 1. The molecule has 1 amide bonds. The lowest BCUT2D eigenvalue weighted by molar-refractivity contribution is -0.119. The van der Waals surface area contributed by atoms with Crippen LogP contribution in [0.5, 0.6) is 0 Å². The van der Waals surface area contributed by atoms with Crippen LogP contribution in [0.25, 0.3) is 0 Å². The third kappa shape index (κ3) is 3.33. The summed E-state index contributed by atoms with van der Waals surface area (Å²) in [4.78, 5) is 24.5. The number of carbonyl (C=O) groups excluding carboxylic acids is 1. The van der Waals surface area contributed by atoms with E-state index in [1.54, 1.807) is 7.05 Å². The molecule has 4 N–H and O–H groups in total. The SMILES string of the molecule is CN(CC(=O)NC1CC1)c1c(Cl)cc(N)cc1C(=O)O. The second-order valence-corrected chi connectivity index (χ2v) is 5.31. The summed E-state index contributed by atoms with van der Waals surface area (Å²) in [6, 6.07) is 3.06. The van der Waals surface area contributed by atoms with Crippen molar-refractivity contribution in [2.45, 2.75) is 18.9 Å². The number of hydrogen-bond acceptors (Lipinski definition) is 4. The fraction of sp³-hybridized carbons (Fsp3) is 0.385. The molecule has 0 aliphatic heterocycles. The summed E-state index contributed by atoms with van der Waals surface area (Å²) in [5.41, 5.74) is 6.14. The Hall–Kier alpha value is -1.95. The molecular formula is C13H16ClN3O3. The van der Waals surface area contributed by atoms with Crippen molar-refractivity contribution in [2.75, 3.05) is 24.2 Å². The van der Waals surface area contributed by atoms with Gasteiger partial charge in [-0.3, -0.25) is 4.79 Å². The summed E-state index contributed by atoms with van der Waals surface area (Å²) in [5, 5.41) is 12.3. The number of carboxylic acid groups (broad SMARTS) is 1. The van der Waals surface area contributed by atoms with E-state index in [1.807, 2.05) is 0 Å². The van der Waals surface area contributed by atoms with E-state index in [9.17, 15) is 14.7 Å². The van der Waals surface area contributed by atoms with Crippen molar-refractivity contribution in [1.29, 1.82) is 0 Å². The summed E-state index contributed by atoms with van der Waals surface area (Å²) in [7, 11) is 1.62. The molecule has 6 nitrogen and oxygen atoms in total. The van der Waals surface area contributed by atoms with Crippen molar-refractivity contribution in [2.24, 2.45) is 0 Å². The zero-order valence-corrected chi connectivity index (χ0v) is 11.8. The largest absolute Gasteiger partial charge is 0.478 e. The molecule has 0 unspecified atom stereocenters. The van der Waals surface area contributed by atoms with Crippen LogP contribution in [0.3, 0.4) is 0 Å². The van der Waals surface area contributed by atoms with Crippen LogP contribution in [0.1, 0.15) is 23.2 Å². The van der Waals surface area contributed by atoms with Crippen molar-refractivity contribution in [3.05, 3.63) is 22.7 Å². The molecule has 1 saturated carbocycles. The van der Waals surface area contributed by atoms with Gasteiger partial charge in [-0.15, -0.1) is 0 Å². The van der Waals surface area contributed by atoms with Gasteiger partial charge in [0.1, 0.15) is 0 Å². The molecule has 0 spiro atoms. The second-order valence-electron chi connectivity index (χ2n) is 4.90.